The zero-order chi connectivity index (χ0) is 13.3. The second-order valence-electron chi connectivity index (χ2n) is 4.35. The van der Waals surface area contributed by atoms with Crippen LogP contribution < -0.4 is 5.73 Å². The quantitative estimate of drug-likeness (QED) is 0.402. The Morgan fingerprint density at radius 3 is 2.35 bits per heavy atom. The van der Waals surface area contributed by atoms with Crippen LogP contribution in [0.1, 0.15) is 46.5 Å². The maximum Gasteiger partial charge on any atom is 0.334 e. The Hall–Kier alpha value is -1.32. The van der Waals surface area contributed by atoms with Crippen LogP contribution in [0.25, 0.3) is 0 Å². The van der Waals surface area contributed by atoms with E-state index in [0.717, 1.165) is 31.8 Å². The molecule has 2 N–H and O–H groups in total. The molecule has 0 aromatic carbocycles. The van der Waals surface area contributed by atoms with Crippen LogP contribution in [0.5, 0.6) is 0 Å². The number of primary amides is 1. The molecule has 98 valence electrons. The molecule has 0 fully saturated rings. The van der Waals surface area contributed by atoms with Gasteiger partial charge >= 0.3 is 5.97 Å². The van der Waals surface area contributed by atoms with Gasteiger partial charge in [-0.2, -0.15) is 0 Å². The number of amides is 1. The Morgan fingerprint density at radius 1 is 1.24 bits per heavy atom. The molecule has 4 heteroatoms. The number of esters is 1. The summed E-state index contributed by atoms with van der Waals surface area (Å²) in [6, 6.07) is 0. The number of carbonyl (C=O) groups is 2. The van der Waals surface area contributed by atoms with Gasteiger partial charge in [0.25, 0.3) is 0 Å². The van der Waals surface area contributed by atoms with Gasteiger partial charge in [-0.25, -0.2) is 4.79 Å². The normalized spacial score (nSPS) is 11.6. The van der Waals surface area contributed by atoms with Crippen LogP contribution in [0.3, 0.4) is 0 Å². The Bertz CT molecular complexity index is 282. The van der Waals surface area contributed by atoms with Gasteiger partial charge in [0.05, 0.1) is 6.61 Å². The summed E-state index contributed by atoms with van der Waals surface area (Å²) in [5.74, 6) is -1.11. The first-order valence-electron chi connectivity index (χ1n) is 6.17. The van der Waals surface area contributed by atoms with Crippen molar-refractivity contribution in [1.82, 2.24) is 0 Å². The van der Waals surface area contributed by atoms with Gasteiger partial charge in [0.15, 0.2) is 0 Å². The van der Waals surface area contributed by atoms with Crippen molar-refractivity contribution >= 4 is 11.9 Å². The first kappa shape index (κ1) is 15.7. The zero-order valence-electron chi connectivity index (χ0n) is 11.0. The molecule has 0 aromatic heterocycles. The second kappa shape index (κ2) is 8.79. The lowest BCUT2D eigenvalue weighted by Crippen LogP contribution is -2.17. The molecule has 0 aliphatic rings. The van der Waals surface area contributed by atoms with E-state index < -0.39 is 11.9 Å². The van der Waals surface area contributed by atoms with Crippen molar-refractivity contribution in [3.8, 4) is 0 Å². The average molecular weight is 241 g/mol. The number of carbonyl (C=O) groups excluding carboxylic acids is 2. The first-order chi connectivity index (χ1) is 7.99. The summed E-state index contributed by atoms with van der Waals surface area (Å²) in [5, 5.41) is 0. The molecule has 4 nitrogen and oxygen atoms in total. The maximum atomic E-state index is 11.7. The van der Waals surface area contributed by atoms with E-state index in [2.05, 4.69) is 6.92 Å². The summed E-state index contributed by atoms with van der Waals surface area (Å²) in [6.07, 6.45) is 5.36. The van der Waals surface area contributed by atoms with Crippen LogP contribution in [-0.4, -0.2) is 18.5 Å². The molecular weight excluding hydrogens is 218 g/mol. The van der Waals surface area contributed by atoms with Crippen molar-refractivity contribution in [2.24, 2.45) is 11.7 Å². The van der Waals surface area contributed by atoms with Crippen molar-refractivity contribution < 1.29 is 14.3 Å². The summed E-state index contributed by atoms with van der Waals surface area (Å²) >= 11 is 0. The fourth-order valence-electron chi connectivity index (χ4n) is 1.39. The number of ether oxygens (including phenoxy) is 1. The molecule has 0 aliphatic heterocycles. The van der Waals surface area contributed by atoms with Gasteiger partial charge in [-0.05, 0) is 12.3 Å². The summed E-state index contributed by atoms with van der Waals surface area (Å²) in [5.41, 5.74) is 5.38. The molecule has 17 heavy (non-hydrogen) atoms. The molecule has 0 unspecified atom stereocenters. The predicted octanol–water partition coefficient (Wildman–Crippen LogP) is 2.18. The highest BCUT2D eigenvalue weighted by Gasteiger charge is 2.15. The number of rotatable bonds is 8. The van der Waals surface area contributed by atoms with E-state index in [-0.39, 0.29) is 5.92 Å². The van der Waals surface area contributed by atoms with Crippen LogP contribution in [0.15, 0.2) is 11.6 Å². The number of hydrogen-bond donors (Lipinski definition) is 1. The molecule has 0 aliphatic carbocycles. The van der Waals surface area contributed by atoms with Crippen LogP contribution in [-0.2, 0) is 14.3 Å². The van der Waals surface area contributed by atoms with Crippen LogP contribution in [0.4, 0.5) is 0 Å². The average Bonchev–Trinajstić information content (AvgIpc) is 2.24. The third-order valence-corrected chi connectivity index (χ3v) is 2.39. The standard InChI is InChI=1S/C13H23NO3/c1-4-5-6-7-8-17-13(16)11(10(2)3)9-12(14)15/h9-10H,4-8H2,1-3H3,(H2,14,15). The Balaban J connectivity index is 4.13. The summed E-state index contributed by atoms with van der Waals surface area (Å²) in [6.45, 7) is 6.18. The van der Waals surface area contributed by atoms with Gasteiger partial charge in [-0.1, -0.05) is 40.0 Å². The van der Waals surface area contributed by atoms with Gasteiger partial charge in [0, 0.05) is 11.6 Å². The lowest BCUT2D eigenvalue weighted by atomic mass is 10.0. The molecule has 0 atom stereocenters. The minimum absolute atomic E-state index is 0.0642. The van der Waals surface area contributed by atoms with Crippen molar-refractivity contribution in [2.45, 2.75) is 46.5 Å². The minimum atomic E-state index is -0.614. The zero-order valence-corrected chi connectivity index (χ0v) is 11.0. The Kier molecular flexibility index (Phi) is 8.11. The third kappa shape index (κ3) is 7.55. The fourth-order valence-corrected chi connectivity index (χ4v) is 1.39. The largest absolute Gasteiger partial charge is 0.462 e. The van der Waals surface area contributed by atoms with Crippen molar-refractivity contribution in [1.29, 1.82) is 0 Å². The number of unbranched alkanes of at least 4 members (excludes halogenated alkanes) is 3. The van der Waals surface area contributed by atoms with Crippen LogP contribution >= 0.6 is 0 Å². The monoisotopic (exact) mass is 241 g/mol. The molecule has 0 radical (unpaired) electrons. The number of nitrogens with two attached hydrogens (primary N) is 1. The van der Waals surface area contributed by atoms with Crippen molar-refractivity contribution in [3.05, 3.63) is 11.6 Å². The topological polar surface area (TPSA) is 69.4 Å². The van der Waals surface area contributed by atoms with Gasteiger partial charge in [0.1, 0.15) is 0 Å². The van der Waals surface area contributed by atoms with Crippen LogP contribution in [0.2, 0.25) is 0 Å². The molecule has 0 saturated heterocycles. The van der Waals surface area contributed by atoms with E-state index in [1.807, 2.05) is 13.8 Å². The lowest BCUT2D eigenvalue weighted by molar-refractivity contribution is -0.140. The molecule has 0 heterocycles. The summed E-state index contributed by atoms with van der Waals surface area (Å²) < 4.78 is 5.10. The predicted molar refractivity (Wildman–Crippen MR) is 67.2 cm³/mol. The smallest absolute Gasteiger partial charge is 0.334 e. The van der Waals surface area contributed by atoms with E-state index >= 15 is 0 Å². The lowest BCUT2D eigenvalue weighted by Gasteiger charge is -2.10. The third-order valence-electron chi connectivity index (χ3n) is 2.39. The van der Waals surface area contributed by atoms with Gasteiger partial charge in [0.2, 0.25) is 5.91 Å². The summed E-state index contributed by atoms with van der Waals surface area (Å²) in [7, 11) is 0. The van der Waals surface area contributed by atoms with E-state index in [4.69, 9.17) is 10.5 Å². The molecule has 0 bridgehead atoms. The van der Waals surface area contributed by atoms with E-state index in [0.29, 0.717) is 12.2 Å². The fraction of sp³-hybridized carbons (Fsp3) is 0.692. The van der Waals surface area contributed by atoms with E-state index in [1.54, 1.807) is 0 Å². The molecule has 0 rings (SSSR count). The molecule has 0 saturated carbocycles. The Labute approximate surface area is 103 Å². The summed E-state index contributed by atoms with van der Waals surface area (Å²) in [4.78, 5) is 22.4. The molecule has 0 spiro atoms. The Morgan fingerprint density at radius 2 is 1.88 bits per heavy atom. The second-order valence-corrected chi connectivity index (χ2v) is 4.35. The molecule has 0 aromatic rings. The highest BCUT2D eigenvalue weighted by molar-refractivity contribution is 5.98. The van der Waals surface area contributed by atoms with Gasteiger partial charge in [-0.3, -0.25) is 4.79 Å². The SMILES string of the molecule is CCCCCCOC(=O)C(=CC(N)=O)C(C)C. The van der Waals surface area contributed by atoms with Crippen LogP contribution in [0, 0.1) is 5.92 Å². The van der Waals surface area contributed by atoms with E-state index in [9.17, 15) is 9.59 Å². The highest BCUT2D eigenvalue weighted by Crippen LogP contribution is 2.11. The maximum absolute atomic E-state index is 11.7. The highest BCUT2D eigenvalue weighted by atomic mass is 16.5. The molecule has 1 amide bonds. The first-order valence-corrected chi connectivity index (χ1v) is 6.17. The van der Waals surface area contributed by atoms with Gasteiger partial charge < -0.3 is 10.5 Å². The number of hydrogen-bond acceptors (Lipinski definition) is 3. The minimum Gasteiger partial charge on any atom is -0.462 e. The van der Waals surface area contributed by atoms with Crippen molar-refractivity contribution in [2.75, 3.05) is 6.61 Å². The van der Waals surface area contributed by atoms with Gasteiger partial charge in [-0.15, -0.1) is 0 Å². The van der Waals surface area contributed by atoms with Crippen molar-refractivity contribution in [3.63, 3.8) is 0 Å². The molecular formula is C13H23NO3. The van der Waals surface area contributed by atoms with E-state index in [1.165, 1.54) is 0 Å².